The number of benzene rings is 1. The number of fused-ring (bicyclic) bond motifs is 1. The Hall–Kier alpha value is -2.08. The molecule has 3 aromatic rings. The molecule has 3 nitrogen and oxygen atoms in total. The van der Waals surface area contributed by atoms with Crippen LogP contribution in [0, 0.1) is 0 Å². The molecule has 0 aliphatic rings. The third-order valence-electron chi connectivity index (χ3n) is 3.38. The molecule has 0 saturated heterocycles. The van der Waals surface area contributed by atoms with E-state index in [-0.39, 0.29) is 16.4 Å². The summed E-state index contributed by atoms with van der Waals surface area (Å²) in [5.74, 6) is 0. The second-order valence-electron chi connectivity index (χ2n) is 4.80. The molecule has 0 saturated carbocycles. The van der Waals surface area contributed by atoms with Crippen LogP contribution in [0.2, 0.25) is 5.02 Å². The Morgan fingerprint density at radius 3 is 2.45 bits per heavy atom. The first-order chi connectivity index (χ1) is 10.4. The number of hydrogen-bond donors (Lipinski definition) is 0. The van der Waals surface area contributed by atoms with E-state index in [1.165, 1.54) is 0 Å². The highest BCUT2D eigenvalue weighted by Gasteiger charge is 2.35. The summed E-state index contributed by atoms with van der Waals surface area (Å²) in [7, 11) is 0. The molecule has 0 unspecified atom stereocenters. The van der Waals surface area contributed by atoms with Crippen molar-refractivity contribution >= 4 is 17.2 Å². The number of nitrogens with zero attached hydrogens (tertiary/aromatic N) is 3. The van der Waals surface area contributed by atoms with Gasteiger partial charge in [0, 0.05) is 5.56 Å². The van der Waals surface area contributed by atoms with E-state index >= 15 is 0 Å². The van der Waals surface area contributed by atoms with Gasteiger partial charge in [0.15, 0.2) is 11.3 Å². The summed E-state index contributed by atoms with van der Waals surface area (Å²) >= 11 is 5.89. The molecule has 0 radical (unpaired) electrons. The van der Waals surface area contributed by atoms with Crippen molar-refractivity contribution in [3.63, 3.8) is 0 Å². The van der Waals surface area contributed by atoms with E-state index in [2.05, 4.69) is 10.1 Å². The van der Waals surface area contributed by atoms with Crippen LogP contribution in [0.4, 0.5) is 13.2 Å². The van der Waals surface area contributed by atoms with Crippen LogP contribution in [-0.2, 0) is 12.6 Å². The van der Waals surface area contributed by atoms with Crippen LogP contribution in [-0.4, -0.2) is 14.6 Å². The average Bonchev–Trinajstić information content (AvgIpc) is 2.87. The van der Waals surface area contributed by atoms with E-state index < -0.39 is 11.9 Å². The highest BCUT2D eigenvalue weighted by atomic mass is 35.5. The first-order valence-electron chi connectivity index (χ1n) is 6.61. The van der Waals surface area contributed by atoms with Gasteiger partial charge in [-0.25, -0.2) is 9.50 Å². The quantitative estimate of drug-likeness (QED) is 0.687. The van der Waals surface area contributed by atoms with Gasteiger partial charge >= 0.3 is 6.18 Å². The van der Waals surface area contributed by atoms with Crippen molar-refractivity contribution in [2.75, 3.05) is 0 Å². The number of aryl methyl sites for hydroxylation is 1. The zero-order chi connectivity index (χ0) is 15.9. The summed E-state index contributed by atoms with van der Waals surface area (Å²) < 4.78 is 40.3. The van der Waals surface area contributed by atoms with Crippen molar-refractivity contribution in [3.05, 3.63) is 52.8 Å². The lowest BCUT2D eigenvalue weighted by Gasteiger charge is -2.11. The molecule has 0 fully saturated rings. The van der Waals surface area contributed by atoms with Gasteiger partial charge in [0.1, 0.15) is 5.02 Å². The zero-order valence-electron chi connectivity index (χ0n) is 11.5. The van der Waals surface area contributed by atoms with Gasteiger partial charge in [-0.1, -0.05) is 42.8 Å². The highest BCUT2D eigenvalue weighted by molar-refractivity contribution is 6.33. The highest BCUT2D eigenvalue weighted by Crippen LogP contribution is 2.33. The van der Waals surface area contributed by atoms with Crippen molar-refractivity contribution in [2.24, 2.45) is 0 Å². The molecule has 1 aromatic carbocycles. The Balaban J connectivity index is 2.23. The molecule has 22 heavy (non-hydrogen) atoms. The third kappa shape index (κ3) is 2.54. The third-order valence-corrected chi connectivity index (χ3v) is 3.64. The first-order valence-corrected chi connectivity index (χ1v) is 6.98. The molecule has 0 N–H and O–H groups in total. The number of halogens is 4. The van der Waals surface area contributed by atoms with Gasteiger partial charge in [0.2, 0.25) is 0 Å². The number of hydrogen-bond acceptors (Lipinski definition) is 2. The van der Waals surface area contributed by atoms with Crippen LogP contribution in [0.3, 0.4) is 0 Å². The second-order valence-corrected chi connectivity index (χ2v) is 5.21. The predicted octanol–water partition coefficient (Wildman–Crippen LogP) is 4.63. The van der Waals surface area contributed by atoms with Crippen molar-refractivity contribution in [1.29, 1.82) is 0 Å². The van der Waals surface area contributed by atoms with Crippen LogP contribution in [0.5, 0.6) is 0 Å². The van der Waals surface area contributed by atoms with Crippen LogP contribution < -0.4 is 0 Å². The van der Waals surface area contributed by atoms with E-state index in [0.29, 0.717) is 10.1 Å². The number of alkyl halides is 3. The normalized spacial score (nSPS) is 12.0. The van der Waals surface area contributed by atoms with E-state index in [1.807, 2.05) is 19.1 Å². The van der Waals surface area contributed by atoms with Gasteiger partial charge in [-0.3, -0.25) is 0 Å². The molecule has 0 atom stereocenters. The average molecular weight is 326 g/mol. The minimum Gasteiger partial charge on any atom is -0.227 e. The lowest BCUT2D eigenvalue weighted by Crippen LogP contribution is -2.13. The maximum absolute atomic E-state index is 13.2. The topological polar surface area (TPSA) is 30.2 Å². The van der Waals surface area contributed by atoms with Gasteiger partial charge in [0.25, 0.3) is 0 Å². The molecule has 3 rings (SSSR count). The molecule has 7 heteroatoms. The lowest BCUT2D eigenvalue weighted by atomic mass is 10.1. The Labute approximate surface area is 129 Å². The lowest BCUT2D eigenvalue weighted by molar-refractivity contribution is -0.142. The molecule has 0 amide bonds. The minimum absolute atomic E-state index is 0.00828. The largest absolute Gasteiger partial charge is 0.433 e. The van der Waals surface area contributed by atoms with E-state index in [1.54, 1.807) is 12.1 Å². The summed E-state index contributed by atoms with van der Waals surface area (Å²) in [6.45, 7) is 2.01. The standard InChI is InChI=1S/C15H11ClF3N3/c1-2-9-3-5-10(6-4-9)12-7-13(15(17,18)19)22-14(21-12)11(16)8-20-22/h3-8H,2H2,1H3. The summed E-state index contributed by atoms with van der Waals surface area (Å²) in [6.07, 6.45) is -2.53. The second kappa shape index (κ2) is 5.28. The Bertz CT molecular complexity index is 822. The van der Waals surface area contributed by atoms with Gasteiger partial charge < -0.3 is 0 Å². The molecular weight excluding hydrogens is 315 g/mol. The summed E-state index contributed by atoms with van der Waals surface area (Å²) in [4.78, 5) is 4.20. The van der Waals surface area contributed by atoms with Crippen molar-refractivity contribution in [2.45, 2.75) is 19.5 Å². The SMILES string of the molecule is CCc1ccc(-c2cc(C(F)(F)F)n3ncc(Cl)c3n2)cc1. The van der Waals surface area contributed by atoms with Gasteiger partial charge in [-0.15, -0.1) is 0 Å². The van der Waals surface area contributed by atoms with Crippen molar-refractivity contribution < 1.29 is 13.2 Å². The molecule has 0 aliphatic heterocycles. The molecule has 114 valence electrons. The molecule has 0 aliphatic carbocycles. The van der Waals surface area contributed by atoms with Crippen molar-refractivity contribution in [1.82, 2.24) is 14.6 Å². The van der Waals surface area contributed by atoms with Crippen LogP contribution in [0.25, 0.3) is 16.9 Å². The fourth-order valence-corrected chi connectivity index (χ4v) is 2.36. The fraction of sp³-hybridized carbons (Fsp3) is 0.200. The van der Waals surface area contributed by atoms with Gasteiger partial charge in [-0.2, -0.15) is 18.3 Å². The molecule has 0 bridgehead atoms. The molecule has 2 heterocycles. The Morgan fingerprint density at radius 2 is 1.86 bits per heavy atom. The van der Waals surface area contributed by atoms with Crippen molar-refractivity contribution in [3.8, 4) is 11.3 Å². The van der Waals surface area contributed by atoms with E-state index in [9.17, 15) is 13.2 Å². The summed E-state index contributed by atoms with van der Waals surface area (Å²) in [6, 6.07) is 8.22. The maximum atomic E-state index is 13.2. The Kier molecular flexibility index (Phi) is 3.56. The van der Waals surface area contributed by atoms with Crippen LogP contribution >= 0.6 is 11.6 Å². The minimum atomic E-state index is -4.55. The molecular formula is C15H11ClF3N3. The van der Waals surface area contributed by atoms with Gasteiger partial charge in [0.05, 0.1) is 11.9 Å². The maximum Gasteiger partial charge on any atom is 0.433 e. The zero-order valence-corrected chi connectivity index (χ0v) is 12.3. The first kappa shape index (κ1) is 14.8. The van der Waals surface area contributed by atoms with Gasteiger partial charge in [-0.05, 0) is 18.1 Å². The smallest absolute Gasteiger partial charge is 0.227 e. The predicted molar refractivity (Wildman–Crippen MR) is 77.8 cm³/mol. The molecule has 2 aromatic heterocycles. The summed E-state index contributed by atoms with van der Waals surface area (Å²) in [5.41, 5.74) is 1.00. The monoisotopic (exact) mass is 325 g/mol. The molecule has 0 spiro atoms. The van der Waals surface area contributed by atoms with E-state index in [0.717, 1.165) is 24.2 Å². The number of aromatic nitrogens is 3. The van der Waals surface area contributed by atoms with Crippen LogP contribution in [0.15, 0.2) is 36.5 Å². The fourth-order valence-electron chi connectivity index (χ4n) is 2.20. The summed E-state index contributed by atoms with van der Waals surface area (Å²) in [5, 5.41) is 3.73. The number of rotatable bonds is 2. The van der Waals surface area contributed by atoms with E-state index in [4.69, 9.17) is 11.6 Å². The Morgan fingerprint density at radius 1 is 1.18 bits per heavy atom. The van der Waals surface area contributed by atoms with Crippen LogP contribution in [0.1, 0.15) is 18.2 Å².